The van der Waals surface area contributed by atoms with Gasteiger partial charge in [0.2, 0.25) is 5.91 Å². The molecule has 0 spiro atoms. The van der Waals surface area contributed by atoms with E-state index in [0.717, 1.165) is 27.3 Å². The molecule has 1 aliphatic heterocycles. The number of carbonyl (C=O) groups excluding carboxylic acids is 4. The number of hydrogen-bond acceptors (Lipinski definition) is 7. The summed E-state index contributed by atoms with van der Waals surface area (Å²) in [6.07, 6.45) is -0.453. The summed E-state index contributed by atoms with van der Waals surface area (Å²) in [4.78, 5) is 52.8. The normalized spacial score (nSPS) is 16.9. The fourth-order valence-corrected chi connectivity index (χ4v) is 5.42. The van der Waals surface area contributed by atoms with Gasteiger partial charge in [0.05, 0.1) is 12.1 Å². The number of amides is 3. The number of ether oxygens (including phenoxy) is 2. The Labute approximate surface area is 234 Å². The summed E-state index contributed by atoms with van der Waals surface area (Å²) in [5, 5.41) is 0.905. The molecule has 2 aromatic rings. The van der Waals surface area contributed by atoms with Gasteiger partial charge in [0.1, 0.15) is 12.6 Å². The van der Waals surface area contributed by atoms with Crippen LogP contribution in [0.2, 0.25) is 0 Å². The molecular formula is C30H38N4O6. The van der Waals surface area contributed by atoms with Crippen LogP contribution in [0.25, 0.3) is 11.1 Å². The average molecular weight is 551 g/mol. The zero-order chi connectivity index (χ0) is 29.0. The van der Waals surface area contributed by atoms with Gasteiger partial charge in [-0.15, -0.1) is 0 Å². The molecule has 4 rings (SSSR count). The Hall–Kier alpha value is -3.92. The molecule has 2 atom stereocenters. The second-order valence-electron chi connectivity index (χ2n) is 11.0. The maximum atomic E-state index is 12.9. The van der Waals surface area contributed by atoms with E-state index >= 15 is 0 Å². The molecule has 3 N–H and O–H groups in total. The highest BCUT2D eigenvalue weighted by molar-refractivity contribution is 5.92. The molecule has 2 aliphatic rings. The smallest absolute Gasteiger partial charge is 0.436 e. The Balaban J connectivity index is 1.35. The van der Waals surface area contributed by atoms with E-state index < -0.39 is 36.3 Å². The van der Waals surface area contributed by atoms with Gasteiger partial charge < -0.3 is 20.1 Å². The number of esters is 1. The highest BCUT2D eigenvalue weighted by Crippen LogP contribution is 2.44. The minimum absolute atomic E-state index is 0.0650. The van der Waals surface area contributed by atoms with E-state index in [2.05, 4.69) is 5.43 Å². The highest BCUT2D eigenvalue weighted by atomic mass is 16.6. The second-order valence-corrected chi connectivity index (χ2v) is 11.0. The van der Waals surface area contributed by atoms with Crippen molar-refractivity contribution in [2.24, 2.45) is 11.7 Å². The van der Waals surface area contributed by atoms with E-state index in [1.165, 1.54) is 4.90 Å². The number of nitrogens with zero attached hydrogens (tertiary/aromatic N) is 2. The molecule has 40 heavy (non-hydrogen) atoms. The molecule has 0 unspecified atom stereocenters. The van der Waals surface area contributed by atoms with Gasteiger partial charge in [-0.3, -0.25) is 4.79 Å². The Morgan fingerprint density at radius 3 is 2.17 bits per heavy atom. The van der Waals surface area contributed by atoms with Crippen LogP contribution in [-0.4, -0.2) is 65.2 Å². The van der Waals surface area contributed by atoms with E-state index in [1.807, 2.05) is 62.4 Å². The van der Waals surface area contributed by atoms with Crippen molar-refractivity contribution in [3.63, 3.8) is 0 Å². The fourth-order valence-electron chi connectivity index (χ4n) is 5.42. The Morgan fingerprint density at radius 1 is 1.00 bits per heavy atom. The molecule has 214 valence electrons. The number of nitrogens with two attached hydrogens (primary N) is 1. The number of carbonyl (C=O) groups is 4. The van der Waals surface area contributed by atoms with Crippen molar-refractivity contribution in [3.8, 4) is 11.1 Å². The van der Waals surface area contributed by atoms with Gasteiger partial charge in [0, 0.05) is 12.5 Å². The summed E-state index contributed by atoms with van der Waals surface area (Å²) in [7, 11) is 0. The van der Waals surface area contributed by atoms with E-state index in [4.69, 9.17) is 15.2 Å². The molecule has 10 heteroatoms. The van der Waals surface area contributed by atoms with Crippen LogP contribution in [0.4, 0.5) is 9.59 Å². The van der Waals surface area contributed by atoms with Gasteiger partial charge in [-0.1, -0.05) is 62.4 Å². The number of hydrogen-bond donors (Lipinski definition) is 2. The van der Waals surface area contributed by atoms with Crippen molar-refractivity contribution in [3.05, 3.63) is 59.7 Å². The molecule has 1 fully saturated rings. The lowest BCUT2D eigenvalue weighted by atomic mass is 9.98. The van der Waals surface area contributed by atoms with E-state index in [1.54, 1.807) is 13.8 Å². The number of benzene rings is 2. The van der Waals surface area contributed by atoms with Gasteiger partial charge in [0.15, 0.2) is 0 Å². The zero-order valence-corrected chi connectivity index (χ0v) is 23.5. The van der Waals surface area contributed by atoms with E-state index in [9.17, 15) is 19.2 Å². The molecule has 10 nitrogen and oxygen atoms in total. The van der Waals surface area contributed by atoms with E-state index in [-0.39, 0.29) is 24.3 Å². The molecule has 0 saturated carbocycles. The molecule has 1 aliphatic carbocycles. The first-order valence-electron chi connectivity index (χ1n) is 13.8. The highest BCUT2D eigenvalue weighted by Gasteiger charge is 2.39. The van der Waals surface area contributed by atoms with Gasteiger partial charge in [-0.2, -0.15) is 0 Å². The van der Waals surface area contributed by atoms with Crippen molar-refractivity contribution in [2.45, 2.75) is 71.0 Å². The predicted octanol–water partition coefficient (Wildman–Crippen LogP) is 4.18. The summed E-state index contributed by atoms with van der Waals surface area (Å²) in [5.41, 5.74) is 12.8. The SMILES string of the molecule is CC(C)C[C@H](N)C(=O)N1CCC[C@H]1C(=O)OC(=O)N(NC(=O)OCC1c2ccccc2-c2ccccc21)C(C)C. The second kappa shape index (κ2) is 12.5. The van der Waals surface area contributed by atoms with Crippen molar-refractivity contribution >= 4 is 24.1 Å². The summed E-state index contributed by atoms with van der Waals surface area (Å²) in [5.74, 6) is -1.12. The minimum Gasteiger partial charge on any atom is -0.447 e. The van der Waals surface area contributed by atoms with Crippen LogP contribution in [0, 0.1) is 5.92 Å². The number of rotatable bonds is 7. The van der Waals surface area contributed by atoms with Gasteiger partial charge in [-0.25, -0.2) is 24.8 Å². The molecule has 1 heterocycles. The van der Waals surface area contributed by atoms with Gasteiger partial charge in [-0.05, 0) is 61.3 Å². The first-order valence-corrected chi connectivity index (χ1v) is 13.8. The third-order valence-electron chi connectivity index (χ3n) is 7.31. The van der Waals surface area contributed by atoms with Gasteiger partial charge in [0.25, 0.3) is 0 Å². The lowest BCUT2D eigenvalue weighted by Gasteiger charge is -2.28. The molecular weight excluding hydrogens is 512 g/mol. The van der Waals surface area contributed by atoms with Crippen LogP contribution >= 0.6 is 0 Å². The summed E-state index contributed by atoms with van der Waals surface area (Å²) >= 11 is 0. The summed E-state index contributed by atoms with van der Waals surface area (Å²) in [6, 6.07) is 13.8. The Bertz CT molecular complexity index is 1220. The van der Waals surface area contributed by atoms with Crippen LogP contribution in [0.3, 0.4) is 0 Å². The predicted molar refractivity (Wildman–Crippen MR) is 149 cm³/mol. The first-order chi connectivity index (χ1) is 19.1. The first kappa shape index (κ1) is 29.1. The van der Waals surface area contributed by atoms with Crippen molar-refractivity contribution in [1.29, 1.82) is 0 Å². The molecule has 3 amide bonds. The van der Waals surface area contributed by atoms with Crippen LogP contribution in [0.5, 0.6) is 0 Å². The van der Waals surface area contributed by atoms with E-state index in [0.29, 0.717) is 25.8 Å². The number of nitrogens with one attached hydrogen (secondary N) is 1. The maximum Gasteiger partial charge on any atom is 0.436 e. The number of hydrazine groups is 1. The maximum absolute atomic E-state index is 12.9. The fraction of sp³-hybridized carbons (Fsp3) is 0.467. The largest absolute Gasteiger partial charge is 0.447 e. The molecule has 0 aromatic heterocycles. The third-order valence-corrected chi connectivity index (χ3v) is 7.31. The average Bonchev–Trinajstić information content (AvgIpc) is 3.53. The lowest BCUT2D eigenvalue weighted by Crippen LogP contribution is -2.53. The minimum atomic E-state index is -1.06. The van der Waals surface area contributed by atoms with Crippen molar-refractivity contribution < 1.29 is 28.7 Å². The third kappa shape index (κ3) is 6.28. The molecule has 1 saturated heterocycles. The quantitative estimate of drug-likeness (QED) is 0.300. The van der Waals surface area contributed by atoms with Crippen LogP contribution in [-0.2, 0) is 19.1 Å². The Kier molecular flexibility index (Phi) is 9.09. The zero-order valence-electron chi connectivity index (χ0n) is 23.5. The Morgan fingerprint density at radius 2 is 1.60 bits per heavy atom. The molecule has 0 radical (unpaired) electrons. The lowest BCUT2D eigenvalue weighted by molar-refractivity contribution is -0.150. The van der Waals surface area contributed by atoms with Crippen molar-refractivity contribution in [2.75, 3.05) is 13.2 Å². The monoisotopic (exact) mass is 550 g/mol. The van der Waals surface area contributed by atoms with Crippen LogP contribution in [0.15, 0.2) is 48.5 Å². The van der Waals surface area contributed by atoms with Gasteiger partial charge >= 0.3 is 18.2 Å². The molecule has 0 bridgehead atoms. The van der Waals surface area contributed by atoms with Crippen LogP contribution < -0.4 is 11.2 Å². The van der Waals surface area contributed by atoms with Crippen molar-refractivity contribution in [1.82, 2.24) is 15.3 Å². The summed E-state index contributed by atoms with van der Waals surface area (Å²) in [6.45, 7) is 7.68. The number of fused-ring (bicyclic) bond motifs is 3. The van der Waals surface area contributed by atoms with Crippen LogP contribution in [0.1, 0.15) is 64.0 Å². The number of likely N-dealkylation sites (tertiary alicyclic amines) is 1. The molecule has 2 aromatic carbocycles. The summed E-state index contributed by atoms with van der Waals surface area (Å²) < 4.78 is 10.6. The standard InChI is InChI=1S/C30H38N4O6/c1-18(2)16-25(31)27(35)33-15-9-14-26(33)28(36)40-30(38)34(19(3)4)32-29(37)39-17-24-22-12-7-5-10-20(22)21-11-6-8-13-23(21)24/h5-8,10-13,18-19,24-26H,9,14-17,31H2,1-4H3,(H,32,37)/t25-,26-/m0/s1. The topological polar surface area (TPSA) is 131 Å².